The first-order valence-corrected chi connectivity index (χ1v) is 8.30. The molecule has 1 aliphatic heterocycles. The molecule has 0 N–H and O–H groups in total. The fourth-order valence-electron chi connectivity index (χ4n) is 3.00. The van der Waals surface area contributed by atoms with Gasteiger partial charge in [0, 0.05) is 25.9 Å². The molecule has 0 amide bonds. The van der Waals surface area contributed by atoms with Crippen molar-refractivity contribution in [3.05, 3.63) is 60.4 Å². The number of halogens is 1. The van der Waals surface area contributed by atoms with E-state index in [9.17, 15) is 4.39 Å². The summed E-state index contributed by atoms with van der Waals surface area (Å²) in [6.45, 7) is 1.61. The third-order valence-electron chi connectivity index (χ3n) is 4.30. The summed E-state index contributed by atoms with van der Waals surface area (Å²) in [6, 6.07) is 16.0. The first-order valence-electron chi connectivity index (χ1n) is 8.30. The lowest BCUT2D eigenvalue weighted by atomic mass is 10.1. The van der Waals surface area contributed by atoms with Crippen molar-refractivity contribution < 1.29 is 9.13 Å². The van der Waals surface area contributed by atoms with Crippen molar-refractivity contribution in [3.8, 4) is 11.4 Å². The molecule has 1 aromatic heterocycles. The zero-order valence-corrected chi connectivity index (χ0v) is 13.6. The topological polar surface area (TPSA) is 56.1 Å². The molecule has 0 unspecified atom stereocenters. The van der Waals surface area contributed by atoms with E-state index in [0.717, 1.165) is 37.6 Å². The highest BCUT2D eigenvalue weighted by Gasteiger charge is 2.24. The molecule has 25 heavy (non-hydrogen) atoms. The van der Waals surface area contributed by atoms with E-state index in [-0.39, 0.29) is 11.9 Å². The lowest BCUT2D eigenvalue weighted by molar-refractivity contribution is 0.170. The molecule has 6 nitrogen and oxygen atoms in total. The van der Waals surface area contributed by atoms with Gasteiger partial charge in [-0.3, -0.25) is 0 Å². The first kappa shape index (κ1) is 15.6. The van der Waals surface area contributed by atoms with Crippen molar-refractivity contribution in [1.29, 1.82) is 0 Å². The lowest BCUT2D eigenvalue weighted by Crippen LogP contribution is -2.39. The molecular weight excluding hydrogens is 321 g/mol. The standard InChI is InChI=1S/C18H18FN5O/c19-14-6-8-16(9-7-14)25-17-10-12-23(13-11-17)18-20-21-22-24(18)15-4-2-1-3-5-15/h1-9,17H,10-13H2. The number of benzene rings is 2. The van der Waals surface area contributed by atoms with Gasteiger partial charge in [0.1, 0.15) is 17.7 Å². The second kappa shape index (κ2) is 6.88. The van der Waals surface area contributed by atoms with E-state index in [1.807, 2.05) is 30.3 Å². The highest BCUT2D eigenvalue weighted by Crippen LogP contribution is 2.23. The Labute approximate surface area is 144 Å². The number of nitrogens with zero attached hydrogens (tertiary/aromatic N) is 5. The maximum Gasteiger partial charge on any atom is 0.250 e. The van der Waals surface area contributed by atoms with E-state index in [4.69, 9.17) is 4.74 Å². The number of para-hydroxylation sites is 1. The van der Waals surface area contributed by atoms with Crippen molar-refractivity contribution in [2.24, 2.45) is 0 Å². The Hall–Kier alpha value is -2.96. The molecular formula is C18H18FN5O. The Kier molecular flexibility index (Phi) is 4.28. The summed E-state index contributed by atoms with van der Waals surface area (Å²) < 4.78 is 20.7. The first-order chi connectivity index (χ1) is 12.3. The molecule has 0 spiro atoms. The van der Waals surface area contributed by atoms with Crippen molar-refractivity contribution in [3.63, 3.8) is 0 Å². The van der Waals surface area contributed by atoms with E-state index < -0.39 is 0 Å². The Bertz CT molecular complexity index is 813. The van der Waals surface area contributed by atoms with Gasteiger partial charge in [-0.05, 0) is 46.8 Å². The van der Waals surface area contributed by atoms with E-state index in [1.165, 1.54) is 12.1 Å². The summed E-state index contributed by atoms with van der Waals surface area (Å²) >= 11 is 0. The number of piperidine rings is 1. The van der Waals surface area contributed by atoms with Crippen LogP contribution in [-0.2, 0) is 0 Å². The Balaban J connectivity index is 1.41. The van der Waals surface area contributed by atoms with Crippen LogP contribution >= 0.6 is 0 Å². The average molecular weight is 339 g/mol. The quantitative estimate of drug-likeness (QED) is 0.732. The van der Waals surface area contributed by atoms with Crippen molar-refractivity contribution in [2.75, 3.05) is 18.0 Å². The number of hydrogen-bond acceptors (Lipinski definition) is 5. The van der Waals surface area contributed by atoms with Gasteiger partial charge < -0.3 is 9.64 Å². The van der Waals surface area contributed by atoms with Crippen LogP contribution in [0.2, 0.25) is 0 Å². The molecule has 0 atom stereocenters. The molecule has 2 aromatic carbocycles. The highest BCUT2D eigenvalue weighted by atomic mass is 19.1. The second-order valence-electron chi connectivity index (χ2n) is 5.98. The molecule has 0 radical (unpaired) electrons. The Morgan fingerprint density at radius 2 is 1.68 bits per heavy atom. The second-order valence-corrected chi connectivity index (χ2v) is 5.98. The van der Waals surface area contributed by atoms with Crippen LogP contribution in [0.3, 0.4) is 0 Å². The third-order valence-corrected chi connectivity index (χ3v) is 4.30. The van der Waals surface area contributed by atoms with Crippen LogP contribution in [0.15, 0.2) is 54.6 Å². The molecule has 1 saturated heterocycles. The van der Waals surface area contributed by atoms with Gasteiger partial charge in [0.25, 0.3) is 0 Å². The van der Waals surface area contributed by atoms with Gasteiger partial charge in [0.05, 0.1) is 5.69 Å². The Morgan fingerprint density at radius 3 is 2.40 bits per heavy atom. The molecule has 1 fully saturated rings. The maximum atomic E-state index is 13.0. The van der Waals surface area contributed by atoms with Crippen LogP contribution in [-0.4, -0.2) is 39.4 Å². The van der Waals surface area contributed by atoms with Crippen LogP contribution in [0.4, 0.5) is 10.3 Å². The van der Waals surface area contributed by atoms with Gasteiger partial charge in [-0.1, -0.05) is 23.3 Å². The van der Waals surface area contributed by atoms with Crippen LogP contribution in [0.1, 0.15) is 12.8 Å². The zero-order valence-electron chi connectivity index (χ0n) is 13.6. The summed E-state index contributed by atoms with van der Waals surface area (Å²) in [5, 5.41) is 12.1. The van der Waals surface area contributed by atoms with Gasteiger partial charge in [-0.15, -0.1) is 0 Å². The van der Waals surface area contributed by atoms with E-state index in [1.54, 1.807) is 16.8 Å². The fraction of sp³-hybridized carbons (Fsp3) is 0.278. The predicted molar refractivity (Wildman–Crippen MR) is 91.4 cm³/mol. The maximum absolute atomic E-state index is 13.0. The van der Waals surface area contributed by atoms with Gasteiger partial charge in [-0.2, -0.15) is 4.68 Å². The van der Waals surface area contributed by atoms with Gasteiger partial charge >= 0.3 is 0 Å². The summed E-state index contributed by atoms with van der Waals surface area (Å²) in [4.78, 5) is 2.16. The van der Waals surface area contributed by atoms with Gasteiger partial charge in [0.2, 0.25) is 5.95 Å². The normalized spacial score (nSPS) is 15.3. The molecule has 7 heteroatoms. The van der Waals surface area contributed by atoms with Crippen LogP contribution in [0.25, 0.3) is 5.69 Å². The van der Waals surface area contributed by atoms with Crippen molar-refractivity contribution in [2.45, 2.75) is 18.9 Å². The minimum Gasteiger partial charge on any atom is -0.490 e. The average Bonchev–Trinajstić information content (AvgIpc) is 3.15. The molecule has 0 aliphatic carbocycles. The number of tetrazole rings is 1. The number of hydrogen-bond donors (Lipinski definition) is 0. The molecule has 4 rings (SSSR count). The van der Waals surface area contributed by atoms with Gasteiger partial charge in [0.15, 0.2) is 0 Å². The predicted octanol–water partition coefficient (Wildman–Crippen LogP) is 2.85. The molecule has 3 aromatic rings. The minimum atomic E-state index is -0.255. The molecule has 0 saturated carbocycles. The van der Waals surface area contributed by atoms with Gasteiger partial charge in [-0.25, -0.2) is 4.39 Å². The van der Waals surface area contributed by atoms with E-state index in [2.05, 4.69) is 20.4 Å². The van der Waals surface area contributed by atoms with Crippen LogP contribution < -0.4 is 9.64 Å². The summed E-state index contributed by atoms with van der Waals surface area (Å²) in [6.07, 6.45) is 1.83. The number of aromatic nitrogens is 4. The lowest BCUT2D eigenvalue weighted by Gasteiger charge is -2.32. The number of anilines is 1. The Morgan fingerprint density at radius 1 is 0.960 bits per heavy atom. The van der Waals surface area contributed by atoms with E-state index in [0.29, 0.717) is 5.75 Å². The number of rotatable bonds is 4. The highest BCUT2D eigenvalue weighted by molar-refractivity contribution is 5.40. The molecule has 1 aliphatic rings. The van der Waals surface area contributed by atoms with Crippen LogP contribution in [0.5, 0.6) is 5.75 Å². The molecule has 128 valence electrons. The van der Waals surface area contributed by atoms with Crippen molar-refractivity contribution >= 4 is 5.95 Å². The smallest absolute Gasteiger partial charge is 0.250 e. The zero-order chi connectivity index (χ0) is 17.1. The number of ether oxygens (including phenoxy) is 1. The largest absolute Gasteiger partial charge is 0.490 e. The van der Waals surface area contributed by atoms with E-state index >= 15 is 0 Å². The molecule has 0 bridgehead atoms. The minimum absolute atomic E-state index is 0.114. The third kappa shape index (κ3) is 3.45. The molecule has 2 heterocycles. The van der Waals surface area contributed by atoms with Crippen molar-refractivity contribution in [1.82, 2.24) is 20.2 Å². The summed E-state index contributed by atoms with van der Waals surface area (Å²) in [7, 11) is 0. The summed E-state index contributed by atoms with van der Waals surface area (Å²) in [5.74, 6) is 1.19. The fourth-order valence-corrected chi connectivity index (χ4v) is 3.00. The van der Waals surface area contributed by atoms with Crippen LogP contribution in [0, 0.1) is 5.82 Å². The SMILES string of the molecule is Fc1ccc(OC2CCN(c3nnnn3-c3ccccc3)CC2)cc1. The monoisotopic (exact) mass is 339 g/mol. The summed E-state index contributed by atoms with van der Waals surface area (Å²) in [5.41, 5.74) is 0.937.